The third kappa shape index (κ3) is 1.20. The van der Waals surface area contributed by atoms with Gasteiger partial charge in [0, 0.05) is 5.56 Å². The monoisotopic (exact) mass is 179 g/mol. The van der Waals surface area contributed by atoms with Gasteiger partial charge < -0.3 is 15.2 Å². The van der Waals surface area contributed by atoms with E-state index in [1.54, 1.807) is 19.1 Å². The topological polar surface area (TPSA) is 58.6 Å². The molecule has 0 aliphatic carbocycles. The third-order valence-electron chi connectivity index (χ3n) is 2.02. The van der Waals surface area contributed by atoms with Crippen LogP contribution in [0.15, 0.2) is 12.1 Å². The highest BCUT2D eigenvalue weighted by atomic mass is 16.5. The van der Waals surface area contributed by atoms with Crippen molar-refractivity contribution < 1.29 is 14.6 Å². The standard InChI is InChI=1S/C9H9NO3/c1-5-6(11)2-3-7-9(5)10-8(12)4-13-7/h2-3,11H,4H2,1H3,(H,10,12). The number of carbonyl (C=O) groups is 1. The van der Waals surface area contributed by atoms with Gasteiger partial charge in [0.05, 0.1) is 5.69 Å². The van der Waals surface area contributed by atoms with Crippen LogP contribution in [0, 0.1) is 6.92 Å². The number of phenolic OH excluding ortho intramolecular Hbond substituents is 1. The van der Waals surface area contributed by atoms with E-state index < -0.39 is 0 Å². The minimum atomic E-state index is -0.193. The number of hydrogen-bond donors (Lipinski definition) is 2. The number of nitrogens with one attached hydrogen (secondary N) is 1. The lowest BCUT2D eigenvalue weighted by Crippen LogP contribution is -2.25. The SMILES string of the molecule is Cc1c(O)ccc2c1NC(=O)CO2. The van der Waals surface area contributed by atoms with Crippen molar-refractivity contribution in [1.29, 1.82) is 0 Å². The Morgan fingerprint density at radius 1 is 1.54 bits per heavy atom. The van der Waals surface area contributed by atoms with Crippen LogP contribution in [-0.2, 0) is 4.79 Å². The summed E-state index contributed by atoms with van der Waals surface area (Å²) in [6.45, 7) is 1.76. The Bertz CT molecular complexity index is 373. The van der Waals surface area contributed by atoms with Crippen molar-refractivity contribution in [2.24, 2.45) is 0 Å². The highest BCUT2D eigenvalue weighted by molar-refractivity contribution is 5.96. The number of hydrogen-bond acceptors (Lipinski definition) is 3. The summed E-state index contributed by atoms with van der Waals surface area (Å²) in [5, 5.41) is 12.0. The Morgan fingerprint density at radius 2 is 2.31 bits per heavy atom. The average molecular weight is 179 g/mol. The molecule has 0 spiro atoms. The fourth-order valence-electron chi connectivity index (χ4n) is 1.27. The summed E-state index contributed by atoms with van der Waals surface area (Å²) in [4.78, 5) is 11.0. The van der Waals surface area contributed by atoms with E-state index in [-0.39, 0.29) is 18.3 Å². The lowest BCUT2D eigenvalue weighted by Gasteiger charge is -2.19. The molecule has 0 unspecified atom stereocenters. The second-order valence-corrected chi connectivity index (χ2v) is 2.92. The Labute approximate surface area is 75.1 Å². The van der Waals surface area contributed by atoms with E-state index >= 15 is 0 Å². The molecule has 1 amide bonds. The van der Waals surface area contributed by atoms with Crippen molar-refractivity contribution >= 4 is 11.6 Å². The molecule has 0 atom stereocenters. The first-order chi connectivity index (χ1) is 6.18. The van der Waals surface area contributed by atoms with Gasteiger partial charge in [-0.15, -0.1) is 0 Å². The van der Waals surface area contributed by atoms with Crippen LogP contribution in [0.1, 0.15) is 5.56 Å². The molecular formula is C9H9NO3. The summed E-state index contributed by atoms with van der Waals surface area (Å²) in [5.41, 5.74) is 1.20. The van der Waals surface area contributed by atoms with Crippen molar-refractivity contribution in [3.63, 3.8) is 0 Å². The zero-order chi connectivity index (χ0) is 9.42. The van der Waals surface area contributed by atoms with E-state index in [4.69, 9.17) is 4.74 Å². The quantitative estimate of drug-likeness (QED) is 0.625. The normalized spacial score (nSPS) is 14.4. The number of benzene rings is 1. The van der Waals surface area contributed by atoms with Crippen LogP contribution in [0.2, 0.25) is 0 Å². The Kier molecular flexibility index (Phi) is 1.62. The van der Waals surface area contributed by atoms with Crippen LogP contribution in [0.5, 0.6) is 11.5 Å². The van der Waals surface area contributed by atoms with Gasteiger partial charge in [-0.25, -0.2) is 0 Å². The van der Waals surface area contributed by atoms with E-state index in [1.807, 2.05) is 0 Å². The molecule has 2 N–H and O–H groups in total. The molecule has 13 heavy (non-hydrogen) atoms. The van der Waals surface area contributed by atoms with Crippen LogP contribution < -0.4 is 10.1 Å². The van der Waals surface area contributed by atoms with Crippen LogP contribution in [0.3, 0.4) is 0 Å². The zero-order valence-corrected chi connectivity index (χ0v) is 7.13. The zero-order valence-electron chi connectivity index (χ0n) is 7.13. The number of ether oxygens (including phenoxy) is 1. The molecule has 0 bridgehead atoms. The second-order valence-electron chi connectivity index (χ2n) is 2.92. The van der Waals surface area contributed by atoms with Crippen molar-refractivity contribution in [3.05, 3.63) is 17.7 Å². The number of anilines is 1. The molecule has 1 aromatic carbocycles. The number of amides is 1. The molecule has 0 radical (unpaired) electrons. The van der Waals surface area contributed by atoms with Gasteiger partial charge >= 0.3 is 0 Å². The average Bonchev–Trinajstić information content (AvgIpc) is 2.12. The van der Waals surface area contributed by atoms with E-state index in [2.05, 4.69) is 5.32 Å². The first-order valence-corrected chi connectivity index (χ1v) is 3.93. The summed E-state index contributed by atoms with van der Waals surface area (Å²) in [6.07, 6.45) is 0. The fourth-order valence-corrected chi connectivity index (χ4v) is 1.27. The molecule has 4 nitrogen and oxygen atoms in total. The van der Waals surface area contributed by atoms with E-state index in [1.165, 1.54) is 0 Å². The molecular weight excluding hydrogens is 170 g/mol. The predicted octanol–water partition coefficient (Wildman–Crippen LogP) is 1.03. The van der Waals surface area contributed by atoms with Crippen LogP contribution in [0.25, 0.3) is 0 Å². The van der Waals surface area contributed by atoms with Gasteiger partial charge in [-0.3, -0.25) is 4.79 Å². The molecule has 68 valence electrons. The predicted molar refractivity (Wildman–Crippen MR) is 47.0 cm³/mol. The smallest absolute Gasteiger partial charge is 0.262 e. The number of carbonyl (C=O) groups excluding carboxylic acids is 1. The van der Waals surface area contributed by atoms with Gasteiger partial charge in [-0.1, -0.05) is 0 Å². The van der Waals surface area contributed by atoms with Crippen molar-refractivity contribution in [2.45, 2.75) is 6.92 Å². The molecule has 0 aromatic heterocycles. The van der Waals surface area contributed by atoms with Gasteiger partial charge in [0.15, 0.2) is 6.61 Å². The van der Waals surface area contributed by atoms with Crippen molar-refractivity contribution in [3.8, 4) is 11.5 Å². The molecule has 1 aliphatic heterocycles. The largest absolute Gasteiger partial charge is 0.508 e. The summed E-state index contributed by atoms with van der Waals surface area (Å²) in [6, 6.07) is 3.18. The number of rotatable bonds is 0. The fraction of sp³-hybridized carbons (Fsp3) is 0.222. The second kappa shape index (κ2) is 2.65. The van der Waals surface area contributed by atoms with E-state index in [0.717, 1.165) is 0 Å². The Hall–Kier alpha value is -1.71. The molecule has 1 aromatic rings. The maximum Gasteiger partial charge on any atom is 0.262 e. The molecule has 1 aliphatic rings. The molecule has 4 heteroatoms. The Balaban J connectivity index is 2.54. The number of phenols is 1. The maximum atomic E-state index is 11.0. The Morgan fingerprint density at radius 3 is 3.08 bits per heavy atom. The summed E-state index contributed by atoms with van der Waals surface area (Å²) < 4.78 is 5.15. The first kappa shape index (κ1) is 7.91. The van der Waals surface area contributed by atoms with Gasteiger partial charge in [-0.05, 0) is 19.1 Å². The van der Waals surface area contributed by atoms with Gasteiger partial charge in [0.25, 0.3) is 5.91 Å². The van der Waals surface area contributed by atoms with Crippen molar-refractivity contribution in [2.75, 3.05) is 11.9 Å². The van der Waals surface area contributed by atoms with Gasteiger partial charge in [0.1, 0.15) is 11.5 Å². The van der Waals surface area contributed by atoms with Crippen LogP contribution >= 0.6 is 0 Å². The maximum absolute atomic E-state index is 11.0. The first-order valence-electron chi connectivity index (χ1n) is 3.93. The number of fused-ring (bicyclic) bond motifs is 1. The highest BCUT2D eigenvalue weighted by Gasteiger charge is 2.18. The lowest BCUT2D eigenvalue weighted by atomic mass is 10.1. The van der Waals surface area contributed by atoms with Crippen LogP contribution in [0.4, 0.5) is 5.69 Å². The molecule has 2 rings (SSSR count). The molecule has 0 saturated carbocycles. The van der Waals surface area contributed by atoms with Gasteiger partial charge in [0.2, 0.25) is 0 Å². The highest BCUT2D eigenvalue weighted by Crippen LogP contribution is 2.35. The minimum Gasteiger partial charge on any atom is -0.508 e. The molecule has 1 heterocycles. The van der Waals surface area contributed by atoms with Gasteiger partial charge in [-0.2, -0.15) is 0 Å². The van der Waals surface area contributed by atoms with E-state index in [9.17, 15) is 9.90 Å². The molecule has 0 fully saturated rings. The summed E-state index contributed by atoms with van der Waals surface area (Å²) in [5.74, 6) is 0.570. The lowest BCUT2D eigenvalue weighted by molar-refractivity contribution is -0.118. The van der Waals surface area contributed by atoms with Crippen LogP contribution in [-0.4, -0.2) is 17.6 Å². The molecule has 0 saturated heterocycles. The number of aromatic hydroxyl groups is 1. The van der Waals surface area contributed by atoms with E-state index in [0.29, 0.717) is 17.0 Å². The third-order valence-corrected chi connectivity index (χ3v) is 2.02. The summed E-state index contributed by atoms with van der Waals surface area (Å²) >= 11 is 0. The minimum absolute atomic E-state index is 0.0389. The summed E-state index contributed by atoms with van der Waals surface area (Å²) in [7, 11) is 0. The van der Waals surface area contributed by atoms with Crippen molar-refractivity contribution in [1.82, 2.24) is 0 Å².